The van der Waals surface area contributed by atoms with Crippen LogP contribution in [0.3, 0.4) is 0 Å². The largest absolute Gasteiger partial charge is 0.380 e. The van der Waals surface area contributed by atoms with E-state index in [-0.39, 0.29) is 5.91 Å². The number of benzene rings is 3. The number of nitrogens with one attached hydrogen (secondary N) is 2. The average Bonchev–Trinajstić information content (AvgIpc) is 2.69. The van der Waals surface area contributed by atoms with Crippen LogP contribution in [0.4, 0.5) is 11.4 Å². The van der Waals surface area contributed by atoms with Gasteiger partial charge in [0.25, 0.3) is 5.91 Å². The second-order valence-corrected chi connectivity index (χ2v) is 6.53. The van der Waals surface area contributed by atoms with E-state index in [9.17, 15) is 4.79 Å². The molecule has 0 aliphatic heterocycles. The van der Waals surface area contributed by atoms with Gasteiger partial charge >= 0.3 is 0 Å². The van der Waals surface area contributed by atoms with E-state index >= 15 is 0 Å². The Morgan fingerprint density at radius 2 is 1.70 bits per heavy atom. The molecule has 0 aliphatic carbocycles. The third-order valence-corrected chi connectivity index (χ3v) is 4.39. The van der Waals surface area contributed by atoms with E-state index in [1.54, 1.807) is 25.3 Å². The van der Waals surface area contributed by atoms with Gasteiger partial charge in [0, 0.05) is 24.9 Å². The van der Waals surface area contributed by atoms with Crippen molar-refractivity contribution in [3.63, 3.8) is 0 Å². The molecule has 4 nitrogen and oxygen atoms in total. The number of carbonyl (C=O) groups is 1. The first kappa shape index (κ1) is 19.0. The smallest absolute Gasteiger partial charge is 0.255 e. The van der Waals surface area contributed by atoms with E-state index < -0.39 is 0 Å². The van der Waals surface area contributed by atoms with Crippen LogP contribution >= 0.6 is 11.6 Å². The maximum absolute atomic E-state index is 12.4. The fourth-order valence-electron chi connectivity index (χ4n) is 2.65. The van der Waals surface area contributed by atoms with E-state index in [1.165, 1.54) is 5.56 Å². The summed E-state index contributed by atoms with van der Waals surface area (Å²) >= 11 is 6.35. The molecule has 5 heteroatoms. The molecule has 0 bridgehead atoms. The summed E-state index contributed by atoms with van der Waals surface area (Å²) in [7, 11) is 1.64. The molecule has 1 amide bonds. The number of anilines is 2. The molecule has 0 fully saturated rings. The highest BCUT2D eigenvalue weighted by Gasteiger charge is 2.08. The van der Waals surface area contributed by atoms with Gasteiger partial charge in [0.05, 0.1) is 17.3 Å². The molecule has 138 valence electrons. The van der Waals surface area contributed by atoms with Crippen molar-refractivity contribution in [2.24, 2.45) is 0 Å². The molecule has 3 aromatic rings. The summed E-state index contributed by atoms with van der Waals surface area (Å²) < 4.78 is 5.08. The Morgan fingerprint density at radius 1 is 0.963 bits per heavy atom. The number of hydrogen-bond donors (Lipinski definition) is 2. The number of methoxy groups -OCH3 is 1. The van der Waals surface area contributed by atoms with Gasteiger partial charge in [0.15, 0.2) is 0 Å². The van der Waals surface area contributed by atoms with Crippen molar-refractivity contribution in [1.29, 1.82) is 0 Å². The molecule has 3 rings (SSSR count). The number of rotatable bonds is 7. The molecule has 0 spiro atoms. The Balaban J connectivity index is 1.62. The SMILES string of the molecule is COCc1ccc(C(=O)Nc2ccc(NCc3ccccc3)c(Cl)c2)cc1. The first-order valence-corrected chi connectivity index (χ1v) is 9.00. The van der Waals surface area contributed by atoms with Crippen molar-refractivity contribution >= 4 is 28.9 Å². The number of ether oxygens (including phenoxy) is 1. The van der Waals surface area contributed by atoms with Gasteiger partial charge < -0.3 is 15.4 Å². The predicted octanol–water partition coefficient (Wildman–Crippen LogP) is 5.35. The van der Waals surface area contributed by atoms with Gasteiger partial charge in [0.2, 0.25) is 0 Å². The Bertz CT molecular complexity index is 896. The van der Waals surface area contributed by atoms with Crippen LogP contribution in [0.5, 0.6) is 0 Å². The summed E-state index contributed by atoms with van der Waals surface area (Å²) in [6.07, 6.45) is 0. The van der Waals surface area contributed by atoms with E-state index in [1.807, 2.05) is 54.6 Å². The number of hydrogen-bond acceptors (Lipinski definition) is 3. The third-order valence-electron chi connectivity index (χ3n) is 4.08. The van der Waals surface area contributed by atoms with Crippen LogP contribution in [0, 0.1) is 0 Å². The monoisotopic (exact) mass is 380 g/mol. The number of amides is 1. The molecule has 0 atom stereocenters. The number of halogens is 1. The molecule has 0 radical (unpaired) electrons. The van der Waals surface area contributed by atoms with E-state index in [0.29, 0.717) is 29.4 Å². The second kappa shape index (κ2) is 9.21. The van der Waals surface area contributed by atoms with Gasteiger partial charge in [0.1, 0.15) is 0 Å². The highest BCUT2D eigenvalue weighted by atomic mass is 35.5. The van der Waals surface area contributed by atoms with Crippen molar-refractivity contribution in [1.82, 2.24) is 0 Å². The molecular weight excluding hydrogens is 360 g/mol. The minimum absolute atomic E-state index is 0.181. The molecule has 0 aliphatic rings. The van der Waals surface area contributed by atoms with Gasteiger partial charge in [-0.1, -0.05) is 54.1 Å². The topological polar surface area (TPSA) is 50.4 Å². The van der Waals surface area contributed by atoms with Gasteiger partial charge in [-0.05, 0) is 41.5 Å². The van der Waals surface area contributed by atoms with Crippen LogP contribution in [0.15, 0.2) is 72.8 Å². The first-order valence-electron chi connectivity index (χ1n) is 8.62. The quantitative estimate of drug-likeness (QED) is 0.580. The lowest BCUT2D eigenvalue weighted by molar-refractivity contribution is 0.102. The van der Waals surface area contributed by atoms with Gasteiger partial charge in [-0.25, -0.2) is 0 Å². The van der Waals surface area contributed by atoms with Crippen LogP contribution < -0.4 is 10.6 Å². The highest BCUT2D eigenvalue weighted by molar-refractivity contribution is 6.33. The normalized spacial score (nSPS) is 10.4. The zero-order valence-corrected chi connectivity index (χ0v) is 15.8. The molecule has 0 unspecified atom stereocenters. The van der Waals surface area contributed by atoms with Crippen molar-refractivity contribution in [3.05, 3.63) is 94.5 Å². The van der Waals surface area contributed by atoms with Crippen LogP contribution in [0.2, 0.25) is 5.02 Å². The van der Waals surface area contributed by atoms with Crippen LogP contribution in [-0.2, 0) is 17.9 Å². The summed E-state index contributed by atoms with van der Waals surface area (Å²) in [4.78, 5) is 12.4. The van der Waals surface area contributed by atoms with Crippen LogP contribution in [0.25, 0.3) is 0 Å². The maximum Gasteiger partial charge on any atom is 0.255 e. The minimum Gasteiger partial charge on any atom is -0.380 e. The van der Waals surface area contributed by atoms with Gasteiger partial charge in [-0.2, -0.15) is 0 Å². The Morgan fingerprint density at radius 3 is 2.37 bits per heavy atom. The van der Waals surface area contributed by atoms with Gasteiger partial charge in [-0.3, -0.25) is 4.79 Å². The lowest BCUT2D eigenvalue weighted by Crippen LogP contribution is -2.12. The Hall–Kier alpha value is -2.82. The summed E-state index contributed by atoms with van der Waals surface area (Å²) in [6.45, 7) is 1.20. The van der Waals surface area contributed by atoms with Gasteiger partial charge in [-0.15, -0.1) is 0 Å². The zero-order valence-electron chi connectivity index (χ0n) is 15.0. The summed E-state index contributed by atoms with van der Waals surface area (Å²) in [5.74, 6) is -0.181. The van der Waals surface area contributed by atoms with Crippen LogP contribution in [0.1, 0.15) is 21.5 Å². The zero-order chi connectivity index (χ0) is 19.1. The predicted molar refractivity (Wildman–Crippen MR) is 110 cm³/mol. The lowest BCUT2D eigenvalue weighted by Gasteiger charge is -2.11. The standard InChI is InChI=1S/C22H21ClN2O2/c1-27-15-17-7-9-18(10-8-17)22(26)25-19-11-12-21(20(23)13-19)24-14-16-5-3-2-4-6-16/h2-13,24H,14-15H2,1H3,(H,25,26). The molecule has 0 saturated heterocycles. The minimum atomic E-state index is -0.181. The van der Waals surface area contributed by atoms with Crippen molar-refractivity contribution in [3.8, 4) is 0 Å². The fraction of sp³-hybridized carbons (Fsp3) is 0.136. The summed E-state index contributed by atoms with van der Waals surface area (Å²) in [5.41, 5.74) is 4.24. The first-order chi connectivity index (χ1) is 13.2. The second-order valence-electron chi connectivity index (χ2n) is 6.12. The molecule has 2 N–H and O–H groups in total. The van der Waals surface area contributed by atoms with Crippen LogP contribution in [-0.4, -0.2) is 13.0 Å². The summed E-state index contributed by atoms with van der Waals surface area (Å²) in [6, 6.07) is 22.8. The number of carbonyl (C=O) groups excluding carboxylic acids is 1. The molecule has 0 heterocycles. The maximum atomic E-state index is 12.4. The molecule has 3 aromatic carbocycles. The van der Waals surface area contributed by atoms with E-state index in [0.717, 1.165) is 11.3 Å². The Labute approximate surface area is 164 Å². The van der Waals surface area contributed by atoms with Crippen molar-refractivity contribution in [2.75, 3.05) is 17.7 Å². The third kappa shape index (κ3) is 5.33. The lowest BCUT2D eigenvalue weighted by atomic mass is 10.1. The van der Waals surface area contributed by atoms with Crippen molar-refractivity contribution in [2.45, 2.75) is 13.2 Å². The fourth-order valence-corrected chi connectivity index (χ4v) is 2.90. The molecule has 0 saturated carbocycles. The van der Waals surface area contributed by atoms with Crippen molar-refractivity contribution < 1.29 is 9.53 Å². The summed E-state index contributed by atoms with van der Waals surface area (Å²) in [5, 5.41) is 6.73. The molecule has 27 heavy (non-hydrogen) atoms. The average molecular weight is 381 g/mol. The molecule has 0 aromatic heterocycles. The highest BCUT2D eigenvalue weighted by Crippen LogP contribution is 2.26. The molecular formula is C22H21ClN2O2. The van der Waals surface area contributed by atoms with E-state index in [2.05, 4.69) is 10.6 Å². The Kier molecular flexibility index (Phi) is 6.47. The van der Waals surface area contributed by atoms with E-state index in [4.69, 9.17) is 16.3 Å².